The fourth-order valence-corrected chi connectivity index (χ4v) is 0.989. The largest absolute Gasteiger partial charge is 0.288 e. The van der Waals surface area contributed by atoms with E-state index in [2.05, 4.69) is 9.97 Å². The first-order valence-corrected chi connectivity index (χ1v) is 3.22. The first-order chi connectivity index (χ1) is 5.38. The van der Waals surface area contributed by atoms with Crippen molar-refractivity contribution in [1.82, 2.24) is 9.97 Å². The number of rotatable bonds is 0. The highest BCUT2D eigenvalue weighted by Crippen LogP contribution is 2.21. The maximum Gasteiger partial charge on any atom is 0.204 e. The Balaban J connectivity index is 2.91. The first kappa shape index (κ1) is 6.09. The second-order valence-corrected chi connectivity index (χ2v) is 2.23. The van der Waals surface area contributed by atoms with Crippen LogP contribution in [-0.4, -0.2) is 9.97 Å². The first-order valence-electron chi connectivity index (χ1n) is 3.22. The maximum absolute atomic E-state index is 11.1. The smallest absolute Gasteiger partial charge is 0.204 e. The average molecular weight is 145 g/mol. The van der Waals surface area contributed by atoms with Gasteiger partial charge >= 0.3 is 0 Å². The minimum absolute atomic E-state index is 0.0510. The predicted octanol–water partition coefficient (Wildman–Crippen LogP) is 1.77. The molecule has 53 valence electrons. The molecule has 0 aliphatic carbocycles. The van der Waals surface area contributed by atoms with Gasteiger partial charge in [0, 0.05) is 29.4 Å². The van der Waals surface area contributed by atoms with Gasteiger partial charge in [0.15, 0.2) is 0 Å². The van der Waals surface area contributed by atoms with Gasteiger partial charge in [-0.05, 0) is 6.07 Å². The number of fused-ring (bicyclic) bond motifs is 1. The molecule has 0 unspecified atom stereocenters. The number of aromatic nitrogens is 2. The molecule has 0 saturated heterocycles. The molecular weight excluding hydrogens is 140 g/mol. The molecule has 0 spiro atoms. The van der Waals surface area contributed by atoms with Crippen molar-refractivity contribution < 1.29 is 5.11 Å². The van der Waals surface area contributed by atoms with Crippen LogP contribution in [0.1, 0.15) is 0 Å². The highest BCUT2D eigenvalue weighted by molar-refractivity contribution is 5.85. The van der Waals surface area contributed by atoms with E-state index in [0.717, 1.165) is 5.39 Å². The molecule has 0 fully saturated rings. The molecule has 2 heterocycles. The normalized spacial score (nSPS) is 10.2. The second-order valence-electron chi connectivity index (χ2n) is 2.23. The van der Waals surface area contributed by atoms with E-state index in [0.29, 0.717) is 5.39 Å². The fourth-order valence-electron chi connectivity index (χ4n) is 0.989. The van der Waals surface area contributed by atoms with Gasteiger partial charge in [-0.25, -0.2) is 0 Å². The molecule has 0 saturated carbocycles. The van der Waals surface area contributed by atoms with Gasteiger partial charge in [0.05, 0.1) is 6.20 Å². The minimum atomic E-state index is -0.0510. The molecule has 2 aromatic rings. The van der Waals surface area contributed by atoms with Crippen molar-refractivity contribution in [2.75, 3.05) is 0 Å². The van der Waals surface area contributed by atoms with Gasteiger partial charge < -0.3 is 0 Å². The number of hydrogen-bond acceptors (Lipinski definition) is 2. The zero-order valence-corrected chi connectivity index (χ0v) is 5.69. The van der Waals surface area contributed by atoms with Gasteiger partial charge in [-0.15, -0.1) is 0 Å². The van der Waals surface area contributed by atoms with Crippen LogP contribution >= 0.6 is 0 Å². The zero-order chi connectivity index (χ0) is 7.68. The summed E-state index contributed by atoms with van der Waals surface area (Å²) < 4.78 is 0. The molecule has 0 amide bonds. The second kappa shape index (κ2) is 2.20. The summed E-state index contributed by atoms with van der Waals surface area (Å²) in [4.78, 5) is 7.64. The molecule has 2 aromatic heterocycles. The molecule has 3 nitrogen and oxygen atoms in total. The zero-order valence-electron chi connectivity index (χ0n) is 5.69. The standard InChI is InChI=1S/C8H5N2O/c11-8-5-10-4-6-3-9-2-1-7(6)8/h1-5H. The molecule has 0 bridgehead atoms. The Kier molecular flexibility index (Phi) is 1.22. The third-order valence-electron chi connectivity index (χ3n) is 1.52. The van der Waals surface area contributed by atoms with Gasteiger partial charge in [0.2, 0.25) is 5.75 Å². The summed E-state index contributed by atoms with van der Waals surface area (Å²) in [5.41, 5.74) is 0. The molecule has 0 N–H and O–H groups in total. The lowest BCUT2D eigenvalue weighted by Gasteiger charge is -1.93. The highest BCUT2D eigenvalue weighted by Gasteiger charge is 1.98. The van der Waals surface area contributed by atoms with Crippen LogP contribution in [0.2, 0.25) is 0 Å². The van der Waals surface area contributed by atoms with E-state index in [4.69, 9.17) is 0 Å². The molecule has 0 aromatic carbocycles. The summed E-state index contributed by atoms with van der Waals surface area (Å²) in [5, 5.41) is 12.6. The quantitative estimate of drug-likeness (QED) is 0.567. The maximum atomic E-state index is 11.1. The lowest BCUT2D eigenvalue weighted by molar-refractivity contribution is 0.358. The summed E-state index contributed by atoms with van der Waals surface area (Å²) in [6.07, 6.45) is 6.17. The Hall–Kier alpha value is -1.64. The van der Waals surface area contributed by atoms with E-state index in [-0.39, 0.29) is 5.75 Å². The van der Waals surface area contributed by atoms with Gasteiger partial charge in [-0.3, -0.25) is 15.1 Å². The van der Waals surface area contributed by atoms with Gasteiger partial charge in [0.25, 0.3) is 0 Å². The molecule has 0 atom stereocenters. The third-order valence-corrected chi connectivity index (χ3v) is 1.52. The lowest BCUT2D eigenvalue weighted by atomic mass is 10.2. The lowest BCUT2D eigenvalue weighted by Crippen LogP contribution is -1.76. The monoisotopic (exact) mass is 145 g/mol. The van der Waals surface area contributed by atoms with E-state index in [9.17, 15) is 5.11 Å². The Morgan fingerprint density at radius 1 is 1.09 bits per heavy atom. The van der Waals surface area contributed by atoms with Crippen LogP contribution in [-0.2, 0) is 5.11 Å². The van der Waals surface area contributed by atoms with Crippen molar-refractivity contribution >= 4 is 10.8 Å². The summed E-state index contributed by atoms with van der Waals surface area (Å²) in [6.45, 7) is 0. The van der Waals surface area contributed by atoms with Crippen LogP contribution in [0.15, 0.2) is 30.9 Å². The van der Waals surface area contributed by atoms with Gasteiger partial charge in [0.1, 0.15) is 0 Å². The van der Waals surface area contributed by atoms with E-state index < -0.39 is 0 Å². The van der Waals surface area contributed by atoms with E-state index >= 15 is 0 Å². The van der Waals surface area contributed by atoms with Crippen molar-refractivity contribution in [1.29, 1.82) is 0 Å². The Bertz CT molecular complexity index is 381. The number of hydrogen-bond donors (Lipinski definition) is 0. The van der Waals surface area contributed by atoms with Crippen molar-refractivity contribution in [3.63, 3.8) is 0 Å². The van der Waals surface area contributed by atoms with Crippen LogP contribution < -0.4 is 0 Å². The SMILES string of the molecule is [O]c1cncc2cnccc12. The Labute approximate surface area is 63.3 Å². The molecule has 0 aliphatic rings. The summed E-state index contributed by atoms with van der Waals surface area (Å²) in [7, 11) is 0. The van der Waals surface area contributed by atoms with Crippen molar-refractivity contribution in [2.45, 2.75) is 0 Å². The summed E-state index contributed by atoms with van der Waals surface area (Å²) >= 11 is 0. The fraction of sp³-hybridized carbons (Fsp3) is 0. The third kappa shape index (κ3) is 0.902. The molecule has 0 aliphatic heterocycles. The number of nitrogens with zero attached hydrogens (tertiary/aromatic N) is 2. The molecule has 3 heteroatoms. The van der Waals surface area contributed by atoms with Crippen LogP contribution in [0, 0.1) is 0 Å². The Morgan fingerprint density at radius 3 is 2.73 bits per heavy atom. The van der Waals surface area contributed by atoms with Crippen molar-refractivity contribution in [3.8, 4) is 5.75 Å². The molecule has 1 radical (unpaired) electrons. The molecular formula is C8H5N2O. The van der Waals surface area contributed by atoms with Crippen LogP contribution in [0.3, 0.4) is 0 Å². The topological polar surface area (TPSA) is 45.7 Å². The van der Waals surface area contributed by atoms with Crippen LogP contribution in [0.4, 0.5) is 0 Å². The van der Waals surface area contributed by atoms with Gasteiger partial charge in [-0.2, -0.15) is 0 Å². The predicted molar refractivity (Wildman–Crippen MR) is 39.7 cm³/mol. The van der Waals surface area contributed by atoms with E-state index in [1.807, 2.05) is 0 Å². The van der Waals surface area contributed by atoms with Gasteiger partial charge in [-0.1, -0.05) is 0 Å². The highest BCUT2D eigenvalue weighted by atomic mass is 16.3. The van der Waals surface area contributed by atoms with E-state index in [1.54, 1.807) is 24.7 Å². The minimum Gasteiger partial charge on any atom is -0.288 e. The average Bonchev–Trinajstić information content (AvgIpc) is 2.06. The number of pyridine rings is 2. The molecule has 2 rings (SSSR count). The summed E-state index contributed by atoms with van der Waals surface area (Å²) in [6, 6.07) is 1.69. The molecule has 11 heavy (non-hydrogen) atoms. The van der Waals surface area contributed by atoms with Crippen LogP contribution in [0.5, 0.6) is 5.75 Å². The van der Waals surface area contributed by atoms with E-state index in [1.165, 1.54) is 6.20 Å². The summed E-state index contributed by atoms with van der Waals surface area (Å²) in [5.74, 6) is -0.0510. The van der Waals surface area contributed by atoms with Crippen LogP contribution in [0.25, 0.3) is 10.8 Å². The van der Waals surface area contributed by atoms with Crippen molar-refractivity contribution in [2.24, 2.45) is 0 Å². The van der Waals surface area contributed by atoms with Crippen molar-refractivity contribution in [3.05, 3.63) is 30.9 Å². The Morgan fingerprint density at radius 2 is 1.91 bits per heavy atom.